The topological polar surface area (TPSA) is 96.0 Å². The van der Waals surface area contributed by atoms with Crippen LogP contribution in [0.1, 0.15) is 40.5 Å². The number of imide groups is 1. The van der Waals surface area contributed by atoms with Gasteiger partial charge in [0.25, 0.3) is 17.7 Å². The van der Waals surface area contributed by atoms with Gasteiger partial charge in [0, 0.05) is 25.7 Å². The van der Waals surface area contributed by atoms with E-state index in [1.807, 2.05) is 0 Å². The van der Waals surface area contributed by atoms with Crippen LogP contribution < -0.4 is 15.0 Å². The lowest BCUT2D eigenvalue weighted by Crippen LogP contribution is -2.41. The van der Waals surface area contributed by atoms with Crippen molar-refractivity contribution in [3.63, 3.8) is 0 Å². The number of benzene rings is 2. The number of hydrogen-bond donors (Lipinski definition) is 1. The van der Waals surface area contributed by atoms with Crippen molar-refractivity contribution in [3.8, 4) is 5.75 Å². The molecular weight excluding hydrogens is 386 g/mol. The number of fused-ring (bicyclic) bond motifs is 2. The zero-order chi connectivity index (χ0) is 21.4. The Morgan fingerprint density at radius 3 is 2.40 bits per heavy atom. The van der Waals surface area contributed by atoms with E-state index in [1.165, 1.54) is 9.80 Å². The minimum absolute atomic E-state index is 0.146. The second-order valence-corrected chi connectivity index (χ2v) is 7.30. The molecule has 0 fully saturated rings. The Morgan fingerprint density at radius 1 is 1.07 bits per heavy atom. The van der Waals surface area contributed by atoms with Gasteiger partial charge in [-0.05, 0) is 43.7 Å². The molecule has 154 valence electrons. The predicted octanol–water partition coefficient (Wildman–Crippen LogP) is 2.45. The first kappa shape index (κ1) is 19.6. The molecule has 30 heavy (non-hydrogen) atoms. The maximum atomic E-state index is 12.4. The standard InChI is InChI=1S/C22H21N3O5/c1-13-20(27)24(2)17-12-14(9-10-18(17)30-13)23-19(26)8-5-11-25-21(28)15-6-3-4-7-16(15)22(25)29/h3-4,6-7,9-10,12-13H,5,8,11H2,1-2H3,(H,23,26). The molecule has 1 N–H and O–H groups in total. The van der Waals surface area contributed by atoms with Gasteiger partial charge in [-0.1, -0.05) is 12.1 Å². The third kappa shape index (κ3) is 3.41. The summed E-state index contributed by atoms with van der Waals surface area (Å²) in [5, 5.41) is 2.78. The Balaban J connectivity index is 1.34. The second kappa shape index (κ2) is 7.62. The second-order valence-electron chi connectivity index (χ2n) is 7.30. The van der Waals surface area contributed by atoms with Gasteiger partial charge in [0.2, 0.25) is 5.91 Å². The fourth-order valence-corrected chi connectivity index (χ4v) is 3.65. The third-order valence-electron chi connectivity index (χ3n) is 5.25. The predicted molar refractivity (Wildman–Crippen MR) is 110 cm³/mol. The van der Waals surface area contributed by atoms with Crippen LogP contribution in [0.5, 0.6) is 5.75 Å². The van der Waals surface area contributed by atoms with Crippen molar-refractivity contribution in [2.24, 2.45) is 0 Å². The molecule has 2 heterocycles. The molecule has 0 aliphatic carbocycles. The minimum atomic E-state index is -0.551. The van der Waals surface area contributed by atoms with E-state index in [9.17, 15) is 19.2 Å². The van der Waals surface area contributed by atoms with Crippen LogP contribution in [-0.4, -0.2) is 48.2 Å². The Morgan fingerprint density at radius 2 is 1.73 bits per heavy atom. The molecule has 0 saturated heterocycles. The Kier molecular flexibility index (Phi) is 4.99. The van der Waals surface area contributed by atoms with E-state index in [-0.39, 0.29) is 36.6 Å². The van der Waals surface area contributed by atoms with Crippen molar-refractivity contribution < 1.29 is 23.9 Å². The van der Waals surface area contributed by atoms with Gasteiger partial charge in [0.15, 0.2) is 6.10 Å². The van der Waals surface area contributed by atoms with E-state index in [0.29, 0.717) is 34.7 Å². The quantitative estimate of drug-likeness (QED) is 0.768. The van der Waals surface area contributed by atoms with Crippen LogP contribution in [-0.2, 0) is 9.59 Å². The van der Waals surface area contributed by atoms with Crippen molar-refractivity contribution in [2.45, 2.75) is 25.9 Å². The van der Waals surface area contributed by atoms with Gasteiger partial charge in [-0.2, -0.15) is 0 Å². The molecule has 2 aromatic carbocycles. The highest BCUT2D eigenvalue weighted by Crippen LogP contribution is 2.35. The summed E-state index contributed by atoms with van der Waals surface area (Å²) < 4.78 is 5.57. The summed E-state index contributed by atoms with van der Waals surface area (Å²) in [7, 11) is 1.66. The van der Waals surface area contributed by atoms with Crippen molar-refractivity contribution in [2.75, 3.05) is 23.8 Å². The number of carbonyl (C=O) groups excluding carboxylic acids is 4. The van der Waals surface area contributed by atoms with Crippen LogP contribution in [0.3, 0.4) is 0 Å². The molecule has 4 rings (SSSR count). The largest absolute Gasteiger partial charge is 0.479 e. The molecule has 0 bridgehead atoms. The zero-order valence-electron chi connectivity index (χ0n) is 16.7. The Hall–Kier alpha value is -3.68. The molecule has 4 amide bonds. The van der Waals surface area contributed by atoms with Crippen molar-refractivity contribution in [1.82, 2.24) is 4.90 Å². The number of amides is 4. The molecule has 8 heteroatoms. The number of likely N-dealkylation sites (N-methyl/N-ethyl adjacent to an activating group) is 1. The first-order valence-electron chi connectivity index (χ1n) is 9.70. The Labute approximate surface area is 173 Å². The molecule has 2 aromatic rings. The summed E-state index contributed by atoms with van der Waals surface area (Å²) in [6.45, 7) is 1.86. The van der Waals surface area contributed by atoms with E-state index in [2.05, 4.69) is 5.32 Å². The zero-order valence-corrected chi connectivity index (χ0v) is 16.7. The van der Waals surface area contributed by atoms with Crippen LogP contribution in [0.15, 0.2) is 42.5 Å². The third-order valence-corrected chi connectivity index (χ3v) is 5.25. The minimum Gasteiger partial charge on any atom is -0.479 e. The molecular formula is C22H21N3O5. The number of nitrogens with one attached hydrogen (secondary N) is 1. The molecule has 2 aliphatic rings. The van der Waals surface area contributed by atoms with Gasteiger partial charge in [0.1, 0.15) is 5.75 Å². The number of rotatable bonds is 5. The smallest absolute Gasteiger partial charge is 0.267 e. The maximum absolute atomic E-state index is 12.4. The molecule has 2 aliphatic heterocycles. The van der Waals surface area contributed by atoms with Gasteiger partial charge >= 0.3 is 0 Å². The van der Waals surface area contributed by atoms with E-state index in [1.54, 1.807) is 56.4 Å². The average Bonchev–Trinajstić information content (AvgIpc) is 2.98. The molecule has 1 unspecified atom stereocenters. The SMILES string of the molecule is CC1Oc2ccc(NC(=O)CCCN3C(=O)c4ccccc4C3=O)cc2N(C)C1=O. The summed E-state index contributed by atoms with van der Waals surface area (Å²) >= 11 is 0. The summed E-state index contributed by atoms with van der Waals surface area (Å²) in [6.07, 6.45) is -0.0567. The van der Waals surface area contributed by atoms with Crippen LogP contribution in [0.4, 0.5) is 11.4 Å². The summed E-state index contributed by atoms with van der Waals surface area (Å²) in [6, 6.07) is 11.8. The van der Waals surface area contributed by atoms with Crippen molar-refractivity contribution in [1.29, 1.82) is 0 Å². The first-order valence-corrected chi connectivity index (χ1v) is 9.70. The summed E-state index contributed by atoms with van der Waals surface area (Å²) in [4.78, 5) is 51.8. The van der Waals surface area contributed by atoms with Crippen LogP contribution >= 0.6 is 0 Å². The average molecular weight is 407 g/mol. The van der Waals surface area contributed by atoms with Crippen LogP contribution in [0.2, 0.25) is 0 Å². The fraction of sp³-hybridized carbons (Fsp3) is 0.273. The van der Waals surface area contributed by atoms with Gasteiger partial charge in [-0.3, -0.25) is 24.1 Å². The number of hydrogen-bond acceptors (Lipinski definition) is 5. The van der Waals surface area contributed by atoms with Gasteiger partial charge in [0.05, 0.1) is 16.8 Å². The Bertz CT molecular complexity index is 1030. The van der Waals surface area contributed by atoms with Gasteiger partial charge < -0.3 is 15.0 Å². The molecule has 0 aromatic heterocycles. The monoisotopic (exact) mass is 407 g/mol. The molecule has 0 saturated carbocycles. The first-order chi connectivity index (χ1) is 14.4. The highest BCUT2D eigenvalue weighted by molar-refractivity contribution is 6.21. The summed E-state index contributed by atoms with van der Waals surface area (Å²) in [5.41, 5.74) is 1.92. The van der Waals surface area contributed by atoms with Crippen LogP contribution in [0.25, 0.3) is 0 Å². The fourth-order valence-electron chi connectivity index (χ4n) is 3.65. The van der Waals surface area contributed by atoms with Crippen LogP contribution in [0, 0.1) is 0 Å². The number of carbonyl (C=O) groups is 4. The van der Waals surface area contributed by atoms with Crippen molar-refractivity contribution >= 4 is 35.0 Å². The normalized spacial score (nSPS) is 17.5. The molecule has 0 radical (unpaired) electrons. The number of nitrogens with zero attached hydrogens (tertiary/aromatic N) is 2. The molecule has 0 spiro atoms. The van der Waals surface area contributed by atoms with E-state index in [4.69, 9.17) is 4.74 Å². The maximum Gasteiger partial charge on any atom is 0.267 e. The van der Waals surface area contributed by atoms with Crippen molar-refractivity contribution in [3.05, 3.63) is 53.6 Å². The molecule has 1 atom stereocenters. The summed E-state index contributed by atoms with van der Waals surface area (Å²) in [5.74, 6) is -0.481. The highest BCUT2D eigenvalue weighted by atomic mass is 16.5. The molecule has 8 nitrogen and oxygen atoms in total. The van der Waals surface area contributed by atoms with Gasteiger partial charge in [-0.15, -0.1) is 0 Å². The van der Waals surface area contributed by atoms with Gasteiger partial charge in [-0.25, -0.2) is 0 Å². The number of anilines is 2. The lowest BCUT2D eigenvalue weighted by atomic mass is 10.1. The number of ether oxygens (including phenoxy) is 1. The lowest BCUT2D eigenvalue weighted by molar-refractivity contribution is -0.125. The van der Waals surface area contributed by atoms with E-state index >= 15 is 0 Å². The van der Waals surface area contributed by atoms with E-state index < -0.39 is 6.10 Å². The van der Waals surface area contributed by atoms with E-state index in [0.717, 1.165) is 0 Å². The lowest BCUT2D eigenvalue weighted by Gasteiger charge is -2.30. The highest BCUT2D eigenvalue weighted by Gasteiger charge is 2.34.